The summed E-state index contributed by atoms with van der Waals surface area (Å²) >= 11 is 0. The van der Waals surface area contributed by atoms with E-state index in [1.165, 1.54) is 12.2 Å². The van der Waals surface area contributed by atoms with Gasteiger partial charge in [-0.1, -0.05) is 62.2 Å². The van der Waals surface area contributed by atoms with Crippen molar-refractivity contribution in [3.63, 3.8) is 0 Å². The summed E-state index contributed by atoms with van der Waals surface area (Å²) in [4.78, 5) is 113. The maximum absolute atomic E-state index is 13.5. The van der Waals surface area contributed by atoms with Gasteiger partial charge in [0.15, 0.2) is 5.82 Å². The third-order valence-electron chi connectivity index (χ3n) is 13.5. The monoisotopic (exact) mass is 1080 g/mol. The number of unbranched alkanes of at least 4 members (excludes halogenated alkanes) is 3. The normalized spacial score (nSPS) is 15.4. The molecule has 7 rings (SSSR count). The molecule has 2 aromatic carbocycles. The highest BCUT2D eigenvalue weighted by molar-refractivity contribution is 6.12. The van der Waals surface area contributed by atoms with Gasteiger partial charge in [-0.25, -0.2) is 0 Å². The molecule has 9 N–H and O–H groups in total. The molecule has 24 heteroatoms. The lowest BCUT2D eigenvalue weighted by atomic mass is 10.0. The Morgan fingerprint density at radius 1 is 0.795 bits per heavy atom. The number of H-pyrrole nitrogens is 1. The summed E-state index contributed by atoms with van der Waals surface area (Å²) in [6.45, 7) is 3.53. The van der Waals surface area contributed by atoms with Crippen molar-refractivity contribution in [2.24, 2.45) is 5.92 Å². The molecule has 4 aromatic rings. The lowest BCUT2D eigenvalue weighted by Crippen LogP contribution is -2.52. The van der Waals surface area contributed by atoms with Crippen LogP contribution >= 0.6 is 0 Å². The molecular formula is C54H71N13O11. The Hall–Kier alpha value is -7.99. The number of methoxy groups -OCH3 is 1. The van der Waals surface area contributed by atoms with E-state index in [0.717, 1.165) is 79.0 Å². The number of nitrogens with one attached hydrogen (secondary N) is 7. The first-order chi connectivity index (χ1) is 37.8. The molecule has 1 saturated heterocycles. The summed E-state index contributed by atoms with van der Waals surface area (Å²) in [6, 6.07) is 14.2. The lowest BCUT2D eigenvalue weighted by Gasteiger charge is -2.33. The average molecular weight is 1080 g/mol. The van der Waals surface area contributed by atoms with Crippen molar-refractivity contribution in [3.05, 3.63) is 83.1 Å². The lowest BCUT2D eigenvalue weighted by molar-refractivity contribution is -0.138. The van der Waals surface area contributed by atoms with Crippen LogP contribution in [0.1, 0.15) is 93.5 Å². The summed E-state index contributed by atoms with van der Waals surface area (Å²) < 4.78 is 17.5. The highest BCUT2D eigenvalue weighted by Crippen LogP contribution is 2.35. The Kier molecular flexibility index (Phi) is 21.4. The number of benzene rings is 2. The number of aromatic nitrogens is 4. The van der Waals surface area contributed by atoms with Gasteiger partial charge in [0.05, 0.1) is 39.0 Å². The minimum Gasteiger partial charge on any atom is -0.496 e. The number of imide groups is 1. The Morgan fingerprint density at radius 2 is 1.51 bits per heavy atom. The van der Waals surface area contributed by atoms with Crippen molar-refractivity contribution in [1.29, 1.82) is 0 Å². The van der Waals surface area contributed by atoms with Gasteiger partial charge in [-0.3, -0.25) is 53.3 Å². The molecule has 2 fully saturated rings. The van der Waals surface area contributed by atoms with Gasteiger partial charge in [-0.2, -0.15) is 15.1 Å². The van der Waals surface area contributed by atoms with E-state index >= 15 is 0 Å². The van der Waals surface area contributed by atoms with Gasteiger partial charge in [0.2, 0.25) is 35.4 Å². The minimum absolute atomic E-state index is 0.0275. The quantitative estimate of drug-likeness (QED) is 0.0200. The van der Waals surface area contributed by atoms with Crippen LogP contribution in [-0.4, -0.2) is 155 Å². The van der Waals surface area contributed by atoms with E-state index in [-0.39, 0.29) is 80.1 Å². The maximum atomic E-state index is 13.5. The molecule has 0 radical (unpaired) electrons. The molecule has 78 heavy (non-hydrogen) atoms. The van der Waals surface area contributed by atoms with Crippen LogP contribution in [0.2, 0.25) is 0 Å². The second-order valence-corrected chi connectivity index (χ2v) is 19.6. The van der Waals surface area contributed by atoms with Crippen molar-refractivity contribution >= 4 is 64.1 Å². The van der Waals surface area contributed by atoms with Crippen molar-refractivity contribution < 1.29 is 52.6 Å². The molecule has 0 unspecified atom stereocenters. The summed E-state index contributed by atoms with van der Waals surface area (Å²) in [5.74, 6) is -2.79. The zero-order valence-electron chi connectivity index (χ0n) is 44.2. The van der Waals surface area contributed by atoms with Crippen LogP contribution < -0.4 is 47.1 Å². The Bertz CT molecular complexity index is 2760. The van der Waals surface area contributed by atoms with Gasteiger partial charge >= 0.3 is 6.01 Å². The van der Waals surface area contributed by atoms with Crippen molar-refractivity contribution in [2.75, 3.05) is 65.4 Å². The first-order valence-electron chi connectivity index (χ1n) is 26.6. The second kappa shape index (κ2) is 28.9. The van der Waals surface area contributed by atoms with Gasteiger partial charge in [0.25, 0.3) is 11.8 Å². The summed E-state index contributed by atoms with van der Waals surface area (Å²) in [5.41, 5.74) is 10.8. The summed E-state index contributed by atoms with van der Waals surface area (Å²) in [5, 5.41) is 23.3. The van der Waals surface area contributed by atoms with Gasteiger partial charge < -0.3 is 51.8 Å². The standard InChI is InChI=1S/C54H71N13O11/c1-3-4-25-77-54-62-48-39(64-65-49(48)51(55)63-54)28-37-15-14-35(27-41(37)76-2)32-66-23-20-38(21-24-66)60-53(75)50(36-16-17-36)78-33-59-44(70)30-58-52(74)40(26-34-11-7-5-8-12-34)61-45(71)31-57-43(69)29-56-42(68)13-9-6-10-22-67-46(72)18-19-47(67)73/h5,7-8,11-12,14-15,18-19,27,36,38,40,50H,3-4,6,9-10,13,16-17,20-26,28-33H2,1-2H3,(H,56,68)(H,57,69)(H,58,74)(H,59,70)(H,60,75)(H,61,71)(H,64,65)(H2,55,62,63)/t40-,50-/m0/s1. The minimum atomic E-state index is -1.10. The second-order valence-electron chi connectivity index (χ2n) is 19.6. The van der Waals surface area contributed by atoms with E-state index < -0.39 is 48.9 Å². The van der Waals surface area contributed by atoms with Crippen LogP contribution in [0, 0.1) is 5.92 Å². The number of hydrogen-bond donors (Lipinski definition) is 8. The molecule has 2 aliphatic heterocycles. The first-order valence-corrected chi connectivity index (χ1v) is 26.6. The molecule has 1 aliphatic carbocycles. The van der Waals surface area contributed by atoms with Gasteiger partial charge in [-0.05, 0) is 68.1 Å². The average Bonchev–Trinajstić information content (AvgIpc) is 4.15. The third-order valence-corrected chi connectivity index (χ3v) is 13.5. The fourth-order valence-electron chi connectivity index (χ4n) is 9.03. The van der Waals surface area contributed by atoms with Gasteiger partial charge in [-0.15, -0.1) is 0 Å². The van der Waals surface area contributed by atoms with E-state index in [2.05, 4.69) is 70.0 Å². The van der Waals surface area contributed by atoms with Crippen LogP contribution in [0.15, 0.2) is 60.7 Å². The topological polar surface area (TPSA) is 323 Å². The smallest absolute Gasteiger partial charge is 0.319 e. The SMILES string of the molecule is CCCCOc1nc(N)c2[nH]nc(Cc3ccc(CN4CCC(NC(=O)[C@@H](OCNC(=O)CNC(=O)[C@H](Cc5ccccc5)NC(=O)CNC(=O)CNC(=O)CCCCCN5C(=O)C=CC5=O)C5CC5)CC4)cc3OC)c2n1. The number of hydrogen-bond acceptors (Lipinski definition) is 16. The van der Waals surface area contributed by atoms with E-state index in [1.54, 1.807) is 37.4 Å². The van der Waals surface area contributed by atoms with Crippen LogP contribution in [0.25, 0.3) is 11.0 Å². The number of anilines is 1. The number of nitrogens with zero attached hydrogens (tertiary/aromatic N) is 5. The zero-order chi connectivity index (χ0) is 55.4. The molecule has 0 bridgehead atoms. The number of fused-ring (bicyclic) bond motifs is 1. The van der Waals surface area contributed by atoms with Crippen molar-refractivity contribution in [1.82, 2.24) is 61.9 Å². The van der Waals surface area contributed by atoms with E-state index in [1.807, 2.05) is 12.1 Å². The van der Waals surface area contributed by atoms with Crippen molar-refractivity contribution in [3.8, 4) is 11.8 Å². The molecule has 2 atom stereocenters. The number of piperidine rings is 1. The highest BCUT2D eigenvalue weighted by Gasteiger charge is 2.38. The summed E-state index contributed by atoms with van der Waals surface area (Å²) in [7, 11) is 1.64. The highest BCUT2D eigenvalue weighted by atomic mass is 16.5. The number of aromatic amines is 1. The van der Waals surface area contributed by atoms with E-state index in [4.69, 9.17) is 19.9 Å². The molecule has 24 nitrogen and oxygen atoms in total. The Labute approximate surface area is 452 Å². The third kappa shape index (κ3) is 17.5. The zero-order valence-corrected chi connectivity index (χ0v) is 44.2. The Balaban J connectivity index is 0.789. The largest absolute Gasteiger partial charge is 0.496 e. The number of likely N-dealkylation sites (tertiary alicyclic amines) is 1. The molecule has 8 amide bonds. The molecule has 3 aliphatic rings. The van der Waals surface area contributed by atoms with Crippen LogP contribution in [0.5, 0.6) is 11.8 Å². The molecule has 2 aromatic heterocycles. The summed E-state index contributed by atoms with van der Waals surface area (Å²) in [6.07, 6.45) is 8.97. The fourth-order valence-corrected chi connectivity index (χ4v) is 9.03. The van der Waals surface area contributed by atoms with E-state index in [0.29, 0.717) is 55.6 Å². The van der Waals surface area contributed by atoms with Gasteiger partial charge in [0.1, 0.15) is 35.7 Å². The number of carbonyl (C=O) groups excluding carboxylic acids is 8. The molecule has 418 valence electrons. The Morgan fingerprint density at radius 3 is 2.24 bits per heavy atom. The number of rotatable bonds is 31. The first kappa shape index (κ1) is 57.7. The van der Waals surface area contributed by atoms with Crippen LogP contribution in [0.4, 0.5) is 5.82 Å². The fraction of sp³-hybridized carbons (Fsp3) is 0.500. The number of nitrogen functional groups attached to an aromatic ring is 1. The van der Waals surface area contributed by atoms with Crippen molar-refractivity contribution in [2.45, 2.75) is 109 Å². The van der Waals surface area contributed by atoms with Crippen LogP contribution in [0.3, 0.4) is 0 Å². The number of carbonyl (C=O) groups is 8. The maximum Gasteiger partial charge on any atom is 0.319 e. The van der Waals surface area contributed by atoms with E-state index in [9.17, 15) is 38.4 Å². The number of amides is 8. The van der Waals surface area contributed by atoms with Gasteiger partial charge in [0, 0.05) is 69.2 Å². The number of ether oxygens (including phenoxy) is 3. The number of nitrogens with two attached hydrogens (primary N) is 1. The predicted molar refractivity (Wildman–Crippen MR) is 285 cm³/mol. The molecule has 0 spiro atoms. The van der Waals surface area contributed by atoms with Crippen LogP contribution in [-0.2, 0) is 62.5 Å². The molecule has 4 heterocycles. The molecule has 1 saturated carbocycles. The molecular weight excluding hydrogens is 1010 g/mol. The predicted octanol–water partition coefficient (Wildman–Crippen LogP) is 1.22.